The lowest BCUT2D eigenvalue weighted by Crippen LogP contribution is -2.67. The van der Waals surface area contributed by atoms with E-state index in [9.17, 15) is 15.0 Å². The molecule has 0 saturated heterocycles. The van der Waals surface area contributed by atoms with Gasteiger partial charge in [-0.3, -0.25) is 4.79 Å². The van der Waals surface area contributed by atoms with Crippen LogP contribution in [0.25, 0.3) is 0 Å². The van der Waals surface area contributed by atoms with Gasteiger partial charge in [-0.15, -0.1) is 0 Å². The second-order valence-electron chi connectivity index (χ2n) is 13.8. The zero-order valence-corrected chi connectivity index (χ0v) is 28.5. The van der Waals surface area contributed by atoms with Crippen molar-refractivity contribution in [3.8, 4) is 0 Å². The number of aliphatic hydroxyl groups is 1. The van der Waals surface area contributed by atoms with Gasteiger partial charge in [0.15, 0.2) is 8.32 Å². The van der Waals surface area contributed by atoms with Crippen molar-refractivity contribution in [1.82, 2.24) is 0 Å². The van der Waals surface area contributed by atoms with Crippen LogP contribution in [0.2, 0.25) is 23.2 Å². The minimum Gasteiger partial charge on any atom is -0.481 e. The monoisotopic (exact) mass is 586 g/mol. The molecule has 0 fully saturated rings. The fourth-order valence-electron chi connectivity index (χ4n) is 5.14. The highest BCUT2D eigenvalue weighted by Gasteiger charge is 2.51. The van der Waals surface area contributed by atoms with Gasteiger partial charge in [-0.25, -0.2) is 0 Å². The van der Waals surface area contributed by atoms with Crippen LogP contribution in [-0.4, -0.2) is 51.1 Å². The number of aliphatic hydroxyl groups excluding tert-OH is 1. The van der Waals surface area contributed by atoms with Crippen LogP contribution in [0.15, 0.2) is 60.7 Å². The lowest BCUT2D eigenvalue weighted by Gasteiger charge is -2.45. The summed E-state index contributed by atoms with van der Waals surface area (Å²) >= 11 is 0. The first-order valence-corrected chi connectivity index (χ1v) is 19.7. The molecule has 0 heterocycles. The first-order chi connectivity index (χ1) is 18.5. The first-order valence-electron chi connectivity index (χ1n) is 14.8. The minimum absolute atomic E-state index is 0.0287. The van der Waals surface area contributed by atoms with Gasteiger partial charge >= 0.3 is 5.97 Å². The van der Waals surface area contributed by atoms with E-state index in [4.69, 9.17) is 8.85 Å². The Bertz CT molecular complexity index is 1000. The van der Waals surface area contributed by atoms with E-state index >= 15 is 0 Å². The predicted molar refractivity (Wildman–Crippen MR) is 172 cm³/mol. The average molecular weight is 587 g/mol. The molecular formula is C33H54O5Si2. The van der Waals surface area contributed by atoms with Crippen molar-refractivity contribution >= 4 is 33.0 Å². The van der Waals surface area contributed by atoms with Crippen LogP contribution >= 0.6 is 0 Å². The van der Waals surface area contributed by atoms with Crippen molar-refractivity contribution in [2.24, 2.45) is 5.92 Å². The lowest BCUT2D eigenvalue weighted by molar-refractivity contribution is -0.144. The largest absolute Gasteiger partial charge is 0.481 e. The SMILES string of the molecule is CC[C@H](C[C@H](O)CC[C@@H](O[Si](C)(C)C(C)(C)C)[C@H](C)C(=O)O)O[Si](c1ccccc1)(c1ccccc1)C(C)(C)C. The molecule has 224 valence electrons. The number of hydrogen-bond donors (Lipinski definition) is 2. The van der Waals surface area contributed by atoms with Gasteiger partial charge in [0.05, 0.1) is 18.1 Å². The maximum Gasteiger partial charge on any atom is 0.308 e. The summed E-state index contributed by atoms with van der Waals surface area (Å²) in [6.45, 7) is 21.4. The van der Waals surface area contributed by atoms with Crippen molar-refractivity contribution in [1.29, 1.82) is 0 Å². The van der Waals surface area contributed by atoms with E-state index in [1.54, 1.807) is 6.92 Å². The number of hydrogen-bond acceptors (Lipinski definition) is 4. The molecule has 0 aliphatic rings. The molecule has 2 aromatic carbocycles. The van der Waals surface area contributed by atoms with Gasteiger partial charge in [0.2, 0.25) is 0 Å². The lowest BCUT2D eigenvalue weighted by atomic mass is 9.97. The summed E-state index contributed by atoms with van der Waals surface area (Å²) in [6.07, 6.45) is 1.04. The van der Waals surface area contributed by atoms with Crippen LogP contribution in [0, 0.1) is 5.92 Å². The highest BCUT2D eigenvalue weighted by atomic mass is 28.4. The number of carboxylic acids is 1. The summed E-state index contributed by atoms with van der Waals surface area (Å²) in [5, 5.41) is 23.3. The normalized spacial score (nSPS) is 16.3. The number of carboxylic acid groups (broad SMARTS) is 1. The maximum absolute atomic E-state index is 11.9. The Morgan fingerprint density at radius 3 is 1.68 bits per heavy atom. The molecule has 2 rings (SSSR count). The van der Waals surface area contributed by atoms with Gasteiger partial charge in [0.25, 0.3) is 8.32 Å². The molecule has 0 saturated carbocycles. The van der Waals surface area contributed by atoms with Gasteiger partial charge < -0.3 is 19.1 Å². The number of benzene rings is 2. The first kappa shape index (κ1) is 34.4. The molecule has 0 amide bonds. The molecule has 0 bridgehead atoms. The standard InChI is InChI=1S/C33H54O5Si2/c1-11-27(24-26(34)22-23-30(25(2)31(35)36)38-39(9,10)32(3,4)5)37-40(33(6,7)8,28-18-14-12-15-19-28)29-20-16-13-17-21-29/h12-21,25-27,30,34H,11,22-24H2,1-10H3,(H,35,36)/t25-,26+,27+,30+/m0/s1. The zero-order valence-electron chi connectivity index (χ0n) is 26.5. The zero-order chi connectivity index (χ0) is 30.4. The van der Waals surface area contributed by atoms with Crippen molar-refractivity contribution < 1.29 is 23.9 Å². The molecule has 7 heteroatoms. The Kier molecular flexibility index (Phi) is 12.0. The van der Waals surface area contributed by atoms with E-state index in [0.717, 1.165) is 6.42 Å². The highest BCUT2D eigenvalue weighted by Crippen LogP contribution is 2.40. The van der Waals surface area contributed by atoms with E-state index in [-0.39, 0.29) is 16.2 Å². The predicted octanol–water partition coefficient (Wildman–Crippen LogP) is 6.98. The third-order valence-electron chi connectivity index (χ3n) is 8.73. The maximum atomic E-state index is 11.9. The van der Waals surface area contributed by atoms with Crippen molar-refractivity contribution in [2.45, 2.75) is 123 Å². The Balaban J connectivity index is 2.30. The van der Waals surface area contributed by atoms with Gasteiger partial charge in [-0.05, 0) is 66.2 Å². The molecule has 5 nitrogen and oxygen atoms in total. The summed E-state index contributed by atoms with van der Waals surface area (Å²) in [6, 6.07) is 21.1. The van der Waals surface area contributed by atoms with Crippen LogP contribution in [0.3, 0.4) is 0 Å². The molecule has 0 unspecified atom stereocenters. The molecule has 40 heavy (non-hydrogen) atoms. The third kappa shape index (κ3) is 8.38. The van der Waals surface area contributed by atoms with Crippen LogP contribution < -0.4 is 10.4 Å². The Morgan fingerprint density at radius 2 is 1.30 bits per heavy atom. The molecule has 0 aromatic heterocycles. The van der Waals surface area contributed by atoms with Crippen molar-refractivity contribution in [3.05, 3.63) is 60.7 Å². The number of rotatable bonds is 14. The third-order valence-corrected chi connectivity index (χ3v) is 18.3. The van der Waals surface area contributed by atoms with Crippen molar-refractivity contribution in [3.63, 3.8) is 0 Å². The Hall–Kier alpha value is -1.78. The van der Waals surface area contributed by atoms with E-state index in [1.165, 1.54) is 10.4 Å². The van der Waals surface area contributed by atoms with E-state index in [1.807, 2.05) is 12.1 Å². The summed E-state index contributed by atoms with van der Waals surface area (Å²) in [4.78, 5) is 11.9. The van der Waals surface area contributed by atoms with Gasteiger partial charge in [0, 0.05) is 6.10 Å². The average Bonchev–Trinajstić information content (AvgIpc) is 2.88. The quantitative estimate of drug-likeness (QED) is 0.234. The van der Waals surface area contributed by atoms with Gasteiger partial charge in [-0.1, -0.05) is 109 Å². The van der Waals surface area contributed by atoms with Crippen molar-refractivity contribution in [2.75, 3.05) is 0 Å². The molecule has 2 aromatic rings. The highest BCUT2D eigenvalue weighted by molar-refractivity contribution is 6.99. The molecule has 4 atom stereocenters. The van der Waals surface area contributed by atoms with Crippen LogP contribution in [0.1, 0.15) is 81.1 Å². The Labute approximate surface area is 245 Å². The second-order valence-corrected chi connectivity index (χ2v) is 22.8. The molecule has 0 aliphatic carbocycles. The van der Waals surface area contributed by atoms with Crippen LogP contribution in [0.4, 0.5) is 0 Å². The molecular weight excluding hydrogens is 533 g/mol. The van der Waals surface area contributed by atoms with E-state index in [2.05, 4.69) is 110 Å². The number of carbonyl (C=O) groups is 1. The molecule has 2 N–H and O–H groups in total. The van der Waals surface area contributed by atoms with Gasteiger partial charge in [0.1, 0.15) is 0 Å². The molecule has 0 spiro atoms. The topological polar surface area (TPSA) is 76.0 Å². The molecule has 0 aliphatic heterocycles. The second kappa shape index (κ2) is 13.9. The van der Waals surface area contributed by atoms with Gasteiger partial charge in [-0.2, -0.15) is 0 Å². The minimum atomic E-state index is -2.74. The summed E-state index contributed by atoms with van der Waals surface area (Å²) in [5.74, 6) is -1.50. The summed E-state index contributed by atoms with van der Waals surface area (Å²) in [5.41, 5.74) is 0. The smallest absolute Gasteiger partial charge is 0.308 e. The summed E-state index contributed by atoms with van der Waals surface area (Å²) in [7, 11) is -4.92. The fraction of sp³-hybridized carbons (Fsp3) is 0.606. The van der Waals surface area contributed by atoms with Crippen LogP contribution in [0.5, 0.6) is 0 Å². The molecule has 0 radical (unpaired) electrons. The van der Waals surface area contributed by atoms with Crippen LogP contribution in [-0.2, 0) is 13.6 Å². The summed E-state index contributed by atoms with van der Waals surface area (Å²) < 4.78 is 13.8. The number of aliphatic carboxylic acids is 1. The van der Waals surface area contributed by atoms with E-state index < -0.39 is 40.7 Å². The fourth-order valence-corrected chi connectivity index (χ4v) is 11.4. The Morgan fingerprint density at radius 1 is 0.825 bits per heavy atom. The van der Waals surface area contributed by atoms with E-state index in [0.29, 0.717) is 19.3 Å².